The first-order chi connectivity index (χ1) is 10.6. The molecule has 0 saturated heterocycles. The van der Waals surface area contributed by atoms with Gasteiger partial charge in [-0.25, -0.2) is 4.79 Å². The minimum atomic E-state index is -0.467. The molecule has 7 heteroatoms. The van der Waals surface area contributed by atoms with Crippen molar-refractivity contribution in [2.45, 2.75) is 32.4 Å². The number of rotatable bonds is 6. The van der Waals surface area contributed by atoms with Gasteiger partial charge in [-0.2, -0.15) is 4.98 Å². The fourth-order valence-corrected chi connectivity index (χ4v) is 2.08. The third-order valence-electron chi connectivity index (χ3n) is 3.26. The van der Waals surface area contributed by atoms with E-state index >= 15 is 0 Å². The van der Waals surface area contributed by atoms with Crippen LogP contribution in [0.2, 0.25) is 0 Å². The molecule has 1 unspecified atom stereocenters. The van der Waals surface area contributed by atoms with Crippen LogP contribution in [0.3, 0.4) is 0 Å². The number of urea groups is 1. The van der Waals surface area contributed by atoms with Gasteiger partial charge in [0.05, 0.1) is 18.7 Å². The summed E-state index contributed by atoms with van der Waals surface area (Å²) in [7, 11) is 0. The Morgan fingerprint density at radius 3 is 2.50 bits per heavy atom. The van der Waals surface area contributed by atoms with Gasteiger partial charge in [0.1, 0.15) is 0 Å². The SMILES string of the molecule is CCC(NC(=O)N[C@H](CO)c1ccccc1)c1noc(C)n1. The van der Waals surface area contributed by atoms with Gasteiger partial charge in [-0.3, -0.25) is 0 Å². The Balaban J connectivity index is 1.98. The molecule has 0 bridgehead atoms. The predicted octanol–water partition coefficient (Wildman–Crippen LogP) is 1.86. The third-order valence-corrected chi connectivity index (χ3v) is 3.26. The van der Waals surface area contributed by atoms with E-state index in [1.165, 1.54) is 0 Å². The van der Waals surface area contributed by atoms with Crippen molar-refractivity contribution in [3.8, 4) is 0 Å². The molecule has 0 aliphatic rings. The number of aliphatic hydroxyl groups is 1. The minimum absolute atomic E-state index is 0.185. The summed E-state index contributed by atoms with van der Waals surface area (Å²) in [6.45, 7) is 3.42. The number of amides is 2. The monoisotopic (exact) mass is 304 g/mol. The fraction of sp³-hybridized carbons (Fsp3) is 0.400. The lowest BCUT2D eigenvalue weighted by Crippen LogP contribution is -2.41. The molecule has 3 N–H and O–H groups in total. The molecule has 22 heavy (non-hydrogen) atoms. The summed E-state index contributed by atoms with van der Waals surface area (Å²) < 4.78 is 4.93. The number of carbonyl (C=O) groups excluding carboxylic acids is 1. The number of aryl methyl sites for hydroxylation is 1. The molecule has 1 aromatic carbocycles. The maximum Gasteiger partial charge on any atom is 0.315 e. The van der Waals surface area contributed by atoms with Crippen molar-refractivity contribution in [1.82, 2.24) is 20.8 Å². The van der Waals surface area contributed by atoms with Gasteiger partial charge >= 0.3 is 6.03 Å². The van der Waals surface area contributed by atoms with Crippen LogP contribution in [0.4, 0.5) is 4.79 Å². The highest BCUT2D eigenvalue weighted by Gasteiger charge is 2.20. The third kappa shape index (κ3) is 4.05. The molecule has 2 rings (SSSR count). The van der Waals surface area contributed by atoms with Crippen LogP contribution in [-0.2, 0) is 0 Å². The number of benzene rings is 1. The average Bonchev–Trinajstić information content (AvgIpc) is 2.97. The van der Waals surface area contributed by atoms with E-state index in [-0.39, 0.29) is 12.6 Å². The summed E-state index contributed by atoms with van der Waals surface area (Å²) in [5.41, 5.74) is 0.837. The zero-order valence-electron chi connectivity index (χ0n) is 12.6. The summed E-state index contributed by atoms with van der Waals surface area (Å²) >= 11 is 0. The van der Waals surface area contributed by atoms with E-state index in [1.54, 1.807) is 6.92 Å². The first-order valence-electron chi connectivity index (χ1n) is 7.17. The van der Waals surface area contributed by atoms with Gasteiger partial charge in [-0.1, -0.05) is 42.4 Å². The summed E-state index contributed by atoms with van der Waals surface area (Å²) in [5.74, 6) is 0.892. The van der Waals surface area contributed by atoms with Gasteiger partial charge in [0.2, 0.25) is 5.89 Å². The molecule has 0 aliphatic heterocycles. The lowest BCUT2D eigenvalue weighted by Gasteiger charge is -2.19. The van der Waals surface area contributed by atoms with Crippen LogP contribution in [0.1, 0.15) is 42.7 Å². The summed E-state index contributed by atoms with van der Waals surface area (Å²) in [4.78, 5) is 16.2. The molecule has 2 atom stereocenters. The van der Waals surface area contributed by atoms with E-state index in [2.05, 4.69) is 20.8 Å². The molecule has 2 aromatic rings. The molecule has 118 valence electrons. The van der Waals surface area contributed by atoms with E-state index < -0.39 is 12.1 Å². The lowest BCUT2D eigenvalue weighted by atomic mass is 10.1. The predicted molar refractivity (Wildman–Crippen MR) is 80.0 cm³/mol. The minimum Gasteiger partial charge on any atom is -0.394 e. The average molecular weight is 304 g/mol. The van der Waals surface area contributed by atoms with Crippen molar-refractivity contribution >= 4 is 6.03 Å². The van der Waals surface area contributed by atoms with Gasteiger partial charge in [0.25, 0.3) is 0 Å². The van der Waals surface area contributed by atoms with E-state index in [1.807, 2.05) is 37.3 Å². The lowest BCUT2D eigenvalue weighted by molar-refractivity contribution is 0.213. The van der Waals surface area contributed by atoms with Crippen LogP contribution < -0.4 is 10.6 Å². The van der Waals surface area contributed by atoms with Crippen molar-refractivity contribution in [2.75, 3.05) is 6.61 Å². The van der Waals surface area contributed by atoms with E-state index in [4.69, 9.17) is 4.52 Å². The van der Waals surface area contributed by atoms with Gasteiger partial charge in [-0.15, -0.1) is 0 Å². The molecule has 2 amide bonds. The zero-order valence-corrected chi connectivity index (χ0v) is 12.6. The van der Waals surface area contributed by atoms with Crippen molar-refractivity contribution in [1.29, 1.82) is 0 Å². The largest absolute Gasteiger partial charge is 0.394 e. The van der Waals surface area contributed by atoms with Crippen molar-refractivity contribution in [3.05, 3.63) is 47.6 Å². The van der Waals surface area contributed by atoms with Crippen molar-refractivity contribution in [3.63, 3.8) is 0 Å². The normalized spacial score (nSPS) is 13.4. The van der Waals surface area contributed by atoms with E-state index in [0.717, 1.165) is 5.56 Å². The van der Waals surface area contributed by atoms with Gasteiger partial charge in [0, 0.05) is 6.92 Å². The topological polar surface area (TPSA) is 100 Å². The Hall–Kier alpha value is -2.41. The quantitative estimate of drug-likeness (QED) is 0.756. The summed E-state index contributed by atoms with van der Waals surface area (Å²) in [6.07, 6.45) is 0.627. The number of aromatic nitrogens is 2. The van der Waals surface area contributed by atoms with Crippen molar-refractivity contribution < 1.29 is 14.4 Å². The standard InChI is InChI=1S/C15H20N4O3/c1-3-12(14-16-10(2)22-19-14)17-15(21)18-13(9-20)11-7-5-4-6-8-11/h4-8,12-13,20H,3,9H2,1-2H3,(H2,17,18,21)/t12?,13-/m1/s1. The molecule has 1 heterocycles. The van der Waals surface area contributed by atoms with Gasteiger partial charge < -0.3 is 20.3 Å². The highest BCUT2D eigenvalue weighted by Crippen LogP contribution is 2.14. The van der Waals surface area contributed by atoms with Crippen LogP contribution in [0.25, 0.3) is 0 Å². The van der Waals surface area contributed by atoms with Crippen LogP contribution in [0, 0.1) is 6.92 Å². The van der Waals surface area contributed by atoms with Gasteiger partial charge in [0.15, 0.2) is 5.82 Å². The molecule has 7 nitrogen and oxygen atoms in total. The maximum atomic E-state index is 12.1. The molecule has 0 aliphatic carbocycles. The number of aliphatic hydroxyl groups excluding tert-OH is 1. The zero-order chi connectivity index (χ0) is 15.9. The summed E-state index contributed by atoms with van der Waals surface area (Å²) in [5, 5.41) is 18.8. The number of nitrogens with one attached hydrogen (secondary N) is 2. The Kier molecular flexibility index (Phi) is 5.48. The number of carbonyl (C=O) groups is 1. The Labute approximate surface area is 128 Å². The van der Waals surface area contributed by atoms with Crippen LogP contribution in [-0.4, -0.2) is 27.9 Å². The van der Waals surface area contributed by atoms with Crippen molar-refractivity contribution in [2.24, 2.45) is 0 Å². The second kappa shape index (κ2) is 7.56. The first-order valence-corrected chi connectivity index (χ1v) is 7.17. The Bertz CT molecular complexity index is 600. The maximum absolute atomic E-state index is 12.1. The highest BCUT2D eigenvalue weighted by molar-refractivity contribution is 5.74. The molecule has 1 aromatic heterocycles. The smallest absolute Gasteiger partial charge is 0.315 e. The Morgan fingerprint density at radius 1 is 1.27 bits per heavy atom. The van der Waals surface area contributed by atoms with Crippen LogP contribution in [0.5, 0.6) is 0 Å². The number of hydrogen-bond donors (Lipinski definition) is 3. The Morgan fingerprint density at radius 2 is 1.95 bits per heavy atom. The molecule has 0 radical (unpaired) electrons. The first kappa shape index (κ1) is 16.0. The molecule has 0 fully saturated rings. The van der Waals surface area contributed by atoms with E-state index in [9.17, 15) is 9.90 Å². The highest BCUT2D eigenvalue weighted by atomic mass is 16.5. The van der Waals surface area contributed by atoms with Crippen LogP contribution >= 0.6 is 0 Å². The summed E-state index contributed by atoms with van der Waals surface area (Å²) in [6, 6.07) is 8.09. The molecular formula is C15H20N4O3. The number of hydrogen-bond acceptors (Lipinski definition) is 5. The second-order valence-corrected chi connectivity index (χ2v) is 4.90. The van der Waals surface area contributed by atoms with Gasteiger partial charge in [-0.05, 0) is 12.0 Å². The van der Waals surface area contributed by atoms with Crippen LogP contribution in [0.15, 0.2) is 34.9 Å². The fourth-order valence-electron chi connectivity index (χ4n) is 2.08. The molecular weight excluding hydrogens is 284 g/mol. The second-order valence-electron chi connectivity index (χ2n) is 4.90. The number of nitrogens with zero attached hydrogens (tertiary/aromatic N) is 2. The molecule has 0 spiro atoms. The van der Waals surface area contributed by atoms with E-state index in [0.29, 0.717) is 18.1 Å². The molecule has 0 saturated carbocycles.